The Labute approximate surface area is 175 Å². The van der Waals surface area contributed by atoms with Crippen molar-refractivity contribution in [3.8, 4) is 0 Å². The first-order valence-electron chi connectivity index (χ1n) is 8.53. The third kappa shape index (κ3) is 5.34. The Morgan fingerprint density at radius 3 is 2.52 bits per heavy atom. The summed E-state index contributed by atoms with van der Waals surface area (Å²) in [5.41, 5.74) is 0.266. The maximum atomic E-state index is 12.4. The fraction of sp³-hybridized carbons (Fsp3) is 0.412. The van der Waals surface area contributed by atoms with Gasteiger partial charge in [-0.2, -0.15) is 4.68 Å². The second-order valence-electron chi connectivity index (χ2n) is 6.37. The molecule has 0 N–H and O–H groups in total. The van der Waals surface area contributed by atoms with Crippen LogP contribution in [-0.2, 0) is 16.0 Å². The van der Waals surface area contributed by atoms with Crippen molar-refractivity contribution in [2.45, 2.75) is 24.9 Å². The first-order valence-corrected chi connectivity index (χ1v) is 10.5. The van der Waals surface area contributed by atoms with Crippen molar-refractivity contribution in [1.29, 1.82) is 0 Å². The van der Waals surface area contributed by atoms with Crippen LogP contribution in [0, 0.1) is 0 Å². The van der Waals surface area contributed by atoms with Crippen molar-refractivity contribution in [1.82, 2.24) is 19.7 Å². The zero-order chi connectivity index (χ0) is 21.7. The van der Waals surface area contributed by atoms with Crippen molar-refractivity contribution in [2.24, 2.45) is 0 Å². The Bertz CT molecular complexity index is 915. The minimum atomic E-state index is -2.68. The molecule has 0 spiro atoms. The zero-order valence-electron chi connectivity index (χ0n) is 16.7. The number of rotatable bonds is 7. The summed E-state index contributed by atoms with van der Waals surface area (Å²) in [5, 5.41) is 4.48. The molecule has 1 atom stereocenters. The summed E-state index contributed by atoms with van der Waals surface area (Å²) in [4.78, 5) is 30.1. The van der Waals surface area contributed by atoms with Crippen LogP contribution in [-0.4, -0.2) is 67.5 Å². The van der Waals surface area contributed by atoms with E-state index in [9.17, 15) is 18.4 Å². The monoisotopic (exact) mass is 440 g/mol. The van der Waals surface area contributed by atoms with Gasteiger partial charge in [-0.1, -0.05) is 37.7 Å². The van der Waals surface area contributed by atoms with E-state index in [1.165, 1.54) is 24.1 Å². The maximum Gasteiger partial charge on any atom is 0.346 e. The van der Waals surface area contributed by atoms with Gasteiger partial charge in [0.2, 0.25) is 0 Å². The van der Waals surface area contributed by atoms with E-state index in [0.717, 1.165) is 20.7 Å². The van der Waals surface area contributed by atoms with Gasteiger partial charge in [0.1, 0.15) is 0 Å². The standard InChI is InChI=1S/C17H23N5O5S2/c1-11(2)14-18-16(22(19-14)17(24)20(3)4)28-10-21(29(25)26)13-9-7-6-8-12(13)15(23)27-5/h6-9,11H,10H2,1-5H3,(H,25,26)/p-1. The summed E-state index contributed by atoms with van der Waals surface area (Å²) in [5.74, 6) is -0.335. The number of benzene rings is 1. The Morgan fingerprint density at radius 2 is 1.97 bits per heavy atom. The molecule has 0 radical (unpaired) electrons. The van der Waals surface area contributed by atoms with E-state index < -0.39 is 23.3 Å². The second kappa shape index (κ2) is 9.85. The van der Waals surface area contributed by atoms with E-state index in [1.807, 2.05) is 13.8 Å². The number of carbonyl (C=O) groups excluding carboxylic acids is 2. The topological polar surface area (TPSA) is 121 Å². The fourth-order valence-electron chi connectivity index (χ4n) is 2.25. The predicted molar refractivity (Wildman–Crippen MR) is 108 cm³/mol. The van der Waals surface area contributed by atoms with Gasteiger partial charge in [-0.3, -0.25) is 8.51 Å². The molecular formula is C17H22N5O5S2-. The highest BCUT2D eigenvalue weighted by Gasteiger charge is 2.22. The van der Waals surface area contributed by atoms with Crippen LogP contribution in [0.2, 0.25) is 0 Å². The van der Waals surface area contributed by atoms with E-state index in [0.29, 0.717) is 5.82 Å². The molecule has 1 aromatic heterocycles. The first kappa shape index (κ1) is 22.8. The van der Waals surface area contributed by atoms with Crippen molar-refractivity contribution in [3.63, 3.8) is 0 Å². The summed E-state index contributed by atoms with van der Waals surface area (Å²) in [6.45, 7) is 3.78. The highest BCUT2D eigenvalue weighted by atomic mass is 32.2. The predicted octanol–water partition coefficient (Wildman–Crippen LogP) is 2.07. The molecule has 1 heterocycles. The minimum Gasteiger partial charge on any atom is -0.755 e. The normalized spacial score (nSPS) is 12.0. The van der Waals surface area contributed by atoms with E-state index in [2.05, 4.69) is 10.1 Å². The summed E-state index contributed by atoms with van der Waals surface area (Å²) in [6, 6.07) is 5.78. The number of methoxy groups -OCH3 is 1. The molecule has 0 bridgehead atoms. The molecule has 0 fully saturated rings. The van der Waals surface area contributed by atoms with Gasteiger partial charge in [-0.15, -0.1) is 5.10 Å². The average Bonchev–Trinajstić information content (AvgIpc) is 3.11. The molecule has 0 aliphatic carbocycles. The number of thioether (sulfide) groups is 1. The van der Waals surface area contributed by atoms with Gasteiger partial charge in [0.15, 0.2) is 11.0 Å². The molecule has 0 saturated carbocycles. The molecule has 29 heavy (non-hydrogen) atoms. The lowest BCUT2D eigenvalue weighted by molar-refractivity contribution is 0.0601. The number of esters is 1. The Balaban J connectivity index is 2.37. The summed E-state index contributed by atoms with van der Waals surface area (Å²) < 4.78 is 30.6. The number of ether oxygens (including phenoxy) is 1. The molecule has 2 aromatic rings. The average molecular weight is 441 g/mol. The van der Waals surface area contributed by atoms with Gasteiger partial charge >= 0.3 is 12.0 Å². The zero-order valence-corrected chi connectivity index (χ0v) is 18.3. The van der Waals surface area contributed by atoms with Crippen LogP contribution >= 0.6 is 11.8 Å². The number of para-hydroxylation sites is 1. The summed E-state index contributed by atoms with van der Waals surface area (Å²) in [7, 11) is 4.38. The summed E-state index contributed by atoms with van der Waals surface area (Å²) in [6.07, 6.45) is 0. The van der Waals surface area contributed by atoms with Gasteiger partial charge in [-0.05, 0) is 12.1 Å². The van der Waals surface area contributed by atoms with Gasteiger partial charge in [0.25, 0.3) is 0 Å². The number of aromatic nitrogens is 3. The lowest BCUT2D eigenvalue weighted by atomic mass is 10.2. The number of hydrogen-bond acceptors (Lipinski definition) is 8. The number of nitrogens with zero attached hydrogens (tertiary/aromatic N) is 5. The van der Waals surface area contributed by atoms with Crippen molar-refractivity contribution in [3.05, 3.63) is 35.7 Å². The first-order chi connectivity index (χ1) is 13.7. The van der Waals surface area contributed by atoms with E-state index in [1.54, 1.807) is 26.2 Å². The Kier molecular flexibility index (Phi) is 7.76. The Morgan fingerprint density at radius 1 is 1.31 bits per heavy atom. The van der Waals surface area contributed by atoms with Gasteiger partial charge in [0, 0.05) is 31.3 Å². The van der Waals surface area contributed by atoms with E-state index >= 15 is 0 Å². The number of carbonyl (C=O) groups is 2. The highest BCUT2D eigenvalue weighted by Crippen LogP contribution is 2.27. The third-order valence-corrected chi connectivity index (χ3v) is 5.50. The van der Waals surface area contributed by atoms with E-state index in [-0.39, 0.29) is 28.2 Å². The number of hydrogen-bond donors (Lipinski definition) is 0. The molecule has 10 nitrogen and oxygen atoms in total. The van der Waals surface area contributed by atoms with Crippen LogP contribution in [0.3, 0.4) is 0 Å². The molecule has 0 aliphatic heterocycles. The summed E-state index contributed by atoms with van der Waals surface area (Å²) >= 11 is -1.67. The third-order valence-electron chi connectivity index (χ3n) is 3.74. The molecule has 2 rings (SSSR count). The number of amides is 1. The smallest absolute Gasteiger partial charge is 0.346 e. The molecule has 1 aromatic carbocycles. The van der Waals surface area contributed by atoms with Crippen LogP contribution in [0.15, 0.2) is 29.4 Å². The Hall–Kier alpha value is -2.44. The van der Waals surface area contributed by atoms with Crippen molar-refractivity contribution in [2.75, 3.05) is 31.4 Å². The van der Waals surface area contributed by atoms with Crippen molar-refractivity contribution >= 4 is 40.7 Å². The highest BCUT2D eigenvalue weighted by molar-refractivity contribution is 8.00. The van der Waals surface area contributed by atoms with Crippen LogP contribution in [0.25, 0.3) is 0 Å². The van der Waals surface area contributed by atoms with Crippen LogP contribution in [0.1, 0.15) is 35.9 Å². The van der Waals surface area contributed by atoms with Crippen LogP contribution in [0.5, 0.6) is 0 Å². The fourth-order valence-corrected chi connectivity index (χ4v) is 3.84. The quantitative estimate of drug-likeness (QED) is 0.278. The lowest BCUT2D eigenvalue weighted by Gasteiger charge is -2.27. The van der Waals surface area contributed by atoms with Crippen LogP contribution in [0.4, 0.5) is 10.5 Å². The largest absolute Gasteiger partial charge is 0.755 e. The second-order valence-corrected chi connectivity index (χ2v) is 8.16. The van der Waals surface area contributed by atoms with Gasteiger partial charge < -0.3 is 14.2 Å². The molecule has 1 unspecified atom stereocenters. The minimum absolute atomic E-state index is 0.0182. The molecule has 12 heteroatoms. The molecule has 158 valence electrons. The van der Waals surface area contributed by atoms with Gasteiger partial charge in [0.05, 0.1) is 24.2 Å². The molecular weight excluding hydrogens is 418 g/mol. The maximum absolute atomic E-state index is 12.4. The molecule has 1 amide bonds. The SMILES string of the molecule is COC(=O)c1ccccc1N(CSc1nc(C(C)C)nn1C(=O)N(C)C)S(=O)[O-]. The van der Waals surface area contributed by atoms with Gasteiger partial charge in [-0.25, -0.2) is 14.6 Å². The lowest BCUT2D eigenvalue weighted by Crippen LogP contribution is -2.30. The van der Waals surface area contributed by atoms with E-state index in [4.69, 9.17) is 4.74 Å². The molecule has 0 saturated heterocycles. The molecule has 0 aliphatic rings. The van der Waals surface area contributed by atoms with Crippen LogP contribution < -0.4 is 4.31 Å². The van der Waals surface area contributed by atoms with Crippen molar-refractivity contribution < 1.29 is 23.1 Å². The number of anilines is 1.